The molecule has 0 aliphatic rings. The topological polar surface area (TPSA) is 38.0 Å². The molecule has 0 spiro atoms. The second-order valence-corrected chi connectivity index (χ2v) is 4.59. The molecular formula is C14H16F2N2O. The van der Waals surface area contributed by atoms with Gasteiger partial charge in [0.1, 0.15) is 0 Å². The van der Waals surface area contributed by atoms with Gasteiger partial charge in [-0.3, -0.25) is 4.68 Å². The lowest BCUT2D eigenvalue weighted by molar-refractivity contribution is 0.164. The summed E-state index contributed by atoms with van der Waals surface area (Å²) in [6.45, 7) is 0. The molecule has 1 heterocycles. The standard InChI is InChI=1S/C14H16F2N2O/c1-18-11(6-7-17-18)3-4-12(19)8-10-2-5-13(15)14(16)9-10/h2,5-7,9,12,19H,3-4,8H2,1H3. The number of hydrogen-bond donors (Lipinski definition) is 1. The van der Waals surface area contributed by atoms with Gasteiger partial charge >= 0.3 is 0 Å². The van der Waals surface area contributed by atoms with Gasteiger partial charge in [0, 0.05) is 18.9 Å². The van der Waals surface area contributed by atoms with E-state index in [-0.39, 0.29) is 0 Å². The summed E-state index contributed by atoms with van der Waals surface area (Å²) in [5.41, 5.74) is 1.63. The quantitative estimate of drug-likeness (QED) is 0.901. The monoisotopic (exact) mass is 266 g/mol. The molecule has 1 N–H and O–H groups in total. The molecule has 0 fully saturated rings. The van der Waals surface area contributed by atoms with Crippen LogP contribution >= 0.6 is 0 Å². The fourth-order valence-corrected chi connectivity index (χ4v) is 2.00. The van der Waals surface area contributed by atoms with E-state index in [1.807, 2.05) is 13.1 Å². The van der Waals surface area contributed by atoms with Gasteiger partial charge in [0.15, 0.2) is 11.6 Å². The van der Waals surface area contributed by atoms with Crippen LogP contribution in [-0.4, -0.2) is 21.0 Å². The first-order valence-electron chi connectivity index (χ1n) is 6.15. The number of aliphatic hydroxyl groups is 1. The molecule has 1 atom stereocenters. The van der Waals surface area contributed by atoms with Crippen molar-refractivity contribution >= 4 is 0 Å². The Morgan fingerprint density at radius 3 is 2.68 bits per heavy atom. The third-order valence-corrected chi connectivity index (χ3v) is 3.11. The molecule has 0 aliphatic carbocycles. The van der Waals surface area contributed by atoms with Crippen LogP contribution in [0.25, 0.3) is 0 Å². The number of aliphatic hydroxyl groups excluding tert-OH is 1. The SMILES string of the molecule is Cn1nccc1CCC(O)Cc1ccc(F)c(F)c1. The molecule has 0 aliphatic heterocycles. The smallest absolute Gasteiger partial charge is 0.159 e. The summed E-state index contributed by atoms with van der Waals surface area (Å²) >= 11 is 0. The molecule has 0 bridgehead atoms. The van der Waals surface area contributed by atoms with Crippen LogP contribution in [0.15, 0.2) is 30.5 Å². The van der Waals surface area contributed by atoms with Gasteiger partial charge in [0.25, 0.3) is 0 Å². The molecule has 3 nitrogen and oxygen atoms in total. The Bertz CT molecular complexity index is 554. The van der Waals surface area contributed by atoms with Crippen molar-refractivity contribution in [3.8, 4) is 0 Å². The van der Waals surface area contributed by atoms with Crippen molar-refractivity contribution in [2.24, 2.45) is 7.05 Å². The van der Waals surface area contributed by atoms with Crippen molar-refractivity contribution in [1.29, 1.82) is 0 Å². The number of nitrogens with zero attached hydrogens (tertiary/aromatic N) is 2. The molecule has 0 saturated carbocycles. The normalized spacial score (nSPS) is 12.6. The van der Waals surface area contributed by atoms with E-state index in [9.17, 15) is 13.9 Å². The molecule has 0 amide bonds. The summed E-state index contributed by atoms with van der Waals surface area (Å²) in [4.78, 5) is 0. The van der Waals surface area contributed by atoms with Gasteiger partial charge in [-0.25, -0.2) is 8.78 Å². The molecule has 5 heteroatoms. The zero-order valence-electron chi connectivity index (χ0n) is 10.7. The first-order valence-corrected chi connectivity index (χ1v) is 6.15. The van der Waals surface area contributed by atoms with Crippen molar-refractivity contribution in [1.82, 2.24) is 9.78 Å². The Balaban J connectivity index is 1.88. The highest BCUT2D eigenvalue weighted by molar-refractivity contribution is 5.18. The number of benzene rings is 1. The maximum Gasteiger partial charge on any atom is 0.159 e. The summed E-state index contributed by atoms with van der Waals surface area (Å²) in [5.74, 6) is -1.75. The highest BCUT2D eigenvalue weighted by Gasteiger charge is 2.10. The average Bonchev–Trinajstić information content (AvgIpc) is 2.77. The summed E-state index contributed by atoms with van der Waals surface area (Å²) in [5, 5.41) is 14.0. The molecule has 19 heavy (non-hydrogen) atoms. The minimum atomic E-state index is -0.878. The van der Waals surface area contributed by atoms with Crippen molar-refractivity contribution in [2.75, 3.05) is 0 Å². The number of aryl methyl sites for hydroxylation is 2. The Hall–Kier alpha value is -1.75. The van der Waals surface area contributed by atoms with E-state index in [4.69, 9.17) is 0 Å². The zero-order chi connectivity index (χ0) is 13.8. The van der Waals surface area contributed by atoms with E-state index < -0.39 is 17.7 Å². The summed E-state index contributed by atoms with van der Waals surface area (Å²) in [6, 6.07) is 5.59. The van der Waals surface area contributed by atoms with E-state index in [1.165, 1.54) is 6.07 Å². The first-order chi connectivity index (χ1) is 9.06. The lowest BCUT2D eigenvalue weighted by atomic mass is 10.0. The highest BCUT2D eigenvalue weighted by Crippen LogP contribution is 2.13. The molecule has 102 valence electrons. The van der Waals surface area contributed by atoms with Crippen LogP contribution < -0.4 is 0 Å². The Morgan fingerprint density at radius 2 is 2.05 bits per heavy atom. The molecule has 1 aromatic carbocycles. The summed E-state index contributed by atoms with van der Waals surface area (Å²) < 4.78 is 27.5. The number of aromatic nitrogens is 2. The van der Waals surface area contributed by atoms with Crippen molar-refractivity contribution in [2.45, 2.75) is 25.4 Å². The maximum absolute atomic E-state index is 13.0. The van der Waals surface area contributed by atoms with Gasteiger partial charge in [-0.2, -0.15) is 5.10 Å². The molecule has 2 rings (SSSR count). The minimum absolute atomic E-state index is 0.315. The third-order valence-electron chi connectivity index (χ3n) is 3.11. The van der Waals surface area contributed by atoms with Crippen LogP contribution in [0, 0.1) is 11.6 Å². The van der Waals surface area contributed by atoms with Crippen molar-refractivity contribution in [3.63, 3.8) is 0 Å². The maximum atomic E-state index is 13.0. The van der Waals surface area contributed by atoms with E-state index >= 15 is 0 Å². The van der Waals surface area contributed by atoms with Crippen LogP contribution in [0.5, 0.6) is 0 Å². The minimum Gasteiger partial charge on any atom is -0.393 e. The van der Waals surface area contributed by atoms with E-state index in [0.29, 0.717) is 24.8 Å². The predicted molar refractivity (Wildman–Crippen MR) is 67.6 cm³/mol. The van der Waals surface area contributed by atoms with E-state index in [1.54, 1.807) is 10.9 Å². The molecule has 0 saturated heterocycles. The van der Waals surface area contributed by atoms with Crippen LogP contribution in [0.3, 0.4) is 0 Å². The van der Waals surface area contributed by atoms with Crippen LogP contribution in [0.1, 0.15) is 17.7 Å². The average molecular weight is 266 g/mol. The Kier molecular flexibility index (Phi) is 4.27. The second kappa shape index (κ2) is 5.93. The summed E-state index contributed by atoms with van der Waals surface area (Å²) in [7, 11) is 1.84. The van der Waals surface area contributed by atoms with Gasteiger partial charge in [-0.05, 0) is 43.0 Å². The fraction of sp³-hybridized carbons (Fsp3) is 0.357. The van der Waals surface area contributed by atoms with Crippen molar-refractivity contribution in [3.05, 3.63) is 53.4 Å². The van der Waals surface area contributed by atoms with Crippen LogP contribution in [0.4, 0.5) is 8.78 Å². The molecule has 2 aromatic rings. The first kappa shape index (κ1) is 13.7. The number of rotatable bonds is 5. The largest absolute Gasteiger partial charge is 0.393 e. The third kappa shape index (κ3) is 3.61. The molecule has 1 aromatic heterocycles. The fourth-order valence-electron chi connectivity index (χ4n) is 2.00. The molecule has 1 unspecified atom stereocenters. The van der Waals surface area contributed by atoms with Crippen LogP contribution in [0.2, 0.25) is 0 Å². The second-order valence-electron chi connectivity index (χ2n) is 4.59. The highest BCUT2D eigenvalue weighted by atomic mass is 19.2. The van der Waals surface area contributed by atoms with Gasteiger partial charge in [0.2, 0.25) is 0 Å². The summed E-state index contributed by atoms with van der Waals surface area (Å²) in [6.07, 6.45) is 2.69. The van der Waals surface area contributed by atoms with Crippen LogP contribution in [-0.2, 0) is 19.9 Å². The predicted octanol–water partition coefficient (Wildman–Crippen LogP) is 2.23. The molecule has 0 radical (unpaired) electrons. The van der Waals surface area contributed by atoms with Gasteiger partial charge in [-0.1, -0.05) is 6.07 Å². The zero-order valence-corrected chi connectivity index (χ0v) is 10.7. The lowest BCUT2D eigenvalue weighted by Gasteiger charge is -2.11. The van der Waals surface area contributed by atoms with Crippen molar-refractivity contribution < 1.29 is 13.9 Å². The van der Waals surface area contributed by atoms with Gasteiger partial charge < -0.3 is 5.11 Å². The lowest BCUT2D eigenvalue weighted by Crippen LogP contribution is -2.13. The van der Waals surface area contributed by atoms with Gasteiger partial charge in [-0.15, -0.1) is 0 Å². The Morgan fingerprint density at radius 1 is 1.26 bits per heavy atom. The Labute approximate surface area is 110 Å². The van der Waals surface area contributed by atoms with Gasteiger partial charge in [0.05, 0.1) is 6.10 Å². The molecular weight excluding hydrogens is 250 g/mol. The number of hydrogen-bond acceptors (Lipinski definition) is 2. The van der Waals surface area contributed by atoms with E-state index in [2.05, 4.69) is 5.10 Å². The van der Waals surface area contributed by atoms with E-state index in [0.717, 1.165) is 17.8 Å². The number of halogens is 2.